The maximum Gasteiger partial charge on any atom is 0.0594 e. The molecular formula is C13H20ClNO. The van der Waals surface area contributed by atoms with Crippen LogP contribution in [0.5, 0.6) is 0 Å². The molecule has 0 atom stereocenters. The van der Waals surface area contributed by atoms with Crippen molar-refractivity contribution in [2.24, 2.45) is 0 Å². The number of hydrogen-bond acceptors (Lipinski definition) is 2. The van der Waals surface area contributed by atoms with Crippen LogP contribution in [0, 0.1) is 0 Å². The molecule has 0 aliphatic carbocycles. The summed E-state index contributed by atoms with van der Waals surface area (Å²) >= 11 is 5.53. The van der Waals surface area contributed by atoms with Crippen molar-refractivity contribution in [2.45, 2.75) is 12.8 Å². The van der Waals surface area contributed by atoms with E-state index in [-0.39, 0.29) is 0 Å². The van der Waals surface area contributed by atoms with Crippen LogP contribution in [0.15, 0.2) is 30.3 Å². The fourth-order valence-electron chi connectivity index (χ4n) is 1.48. The minimum atomic E-state index is 0.612. The molecule has 1 fully saturated rings. The number of hydrogen-bond donors (Lipinski definition) is 0. The highest BCUT2D eigenvalue weighted by Gasteiger charge is 2.05. The smallest absolute Gasteiger partial charge is 0.0594 e. The van der Waals surface area contributed by atoms with Gasteiger partial charge in [0.05, 0.1) is 13.2 Å². The lowest BCUT2D eigenvalue weighted by atomic mass is 10.2. The van der Waals surface area contributed by atoms with Crippen LogP contribution in [0.3, 0.4) is 0 Å². The van der Waals surface area contributed by atoms with Gasteiger partial charge in [-0.25, -0.2) is 0 Å². The predicted molar refractivity (Wildman–Crippen MR) is 68.9 cm³/mol. The lowest BCUT2D eigenvalue weighted by molar-refractivity contribution is 0.0405. The Hall–Kier alpha value is -0.570. The third-order valence-corrected chi connectivity index (χ3v) is 2.86. The Balaban J connectivity index is 0.000000160. The second kappa shape index (κ2) is 8.57. The topological polar surface area (TPSA) is 12.5 Å². The quantitative estimate of drug-likeness (QED) is 0.739. The first-order valence-corrected chi connectivity index (χ1v) is 6.30. The van der Waals surface area contributed by atoms with Gasteiger partial charge in [-0.2, -0.15) is 0 Å². The number of benzene rings is 1. The normalized spacial score (nSPS) is 16.4. The number of nitrogens with zero attached hydrogens (tertiary/aromatic N) is 1. The van der Waals surface area contributed by atoms with Crippen molar-refractivity contribution in [3.63, 3.8) is 0 Å². The highest BCUT2D eigenvalue weighted by Crippen LogP contribution is 2.00. The second-order valence-corrected chi connectivity index (χ2v) is 3.93. The van der Waals surface area contributed by atoms with Crippen LogP contribution >= 0.6 is 11.6 Å². The first kappa shape index (κ1) is 13.5. The van der Waals surface area contributed by atoms with Crippen molar-refractivity contribution >= 4 is 11.6 Å². The van der Waals surface area contributed by atoms with Crippen molar-refractivity contribution in [3.05, 3.63) is 35.9 Å². The molecule has 3 heteroatoms. The van der Waals surface area contributed by atoms with Crippen LogP contribution in [0.25, 0.3) is 0 Å². The van der Waals surface area contributed by atoms with Crippen molar-refractivity contribution < 1.29 is 4.74 Å². The molecule has 0 radical (unpaired) electrons. The van der Waals surface area contributed by atoms with Gasteiger partial charge in [-0.15, -0.1) is 11.6 Å². The van der Waals surface area contributed by atoms with Gasteiger partial charge in [-0.05, 0) is 12.1 Å². The van der Waals surface area contributed by atoms with Gasteiger partial charge in [0.2, 0.25) is 0 Å². The summed E-state index contributed by atoms with van der Waals surface area (Å²) in [5.41, 5.74) is 1.18. The Morgan fingerprint density at radius 3 is 2.19 bits per heavy atom. The minimum Gasteiger partial charge on any atom is -0.379 e. The molecule has 0 amide bonds. The van der Waals surface area contributed by atoms with Gasteiger partial charge in [-0.1, -0.05) is 37.3 Å². The SMILES string of the molecule is CCN1CCOCC1.ClCc1ccccc1. The lowest BCUT2D eigenvalue weighted by Gasteiger charge is -2.24. The summed E-state index contributed by atoms with van der Waals surface area (Å²) in [6.45, 7) is 7.45. The van der Waals surface area contributed by atoms with Gasteiger partial charge in [0.1, 0.15) is 0 Å². The standard InChI is InChI=1S/C7H7Cl.C6H13NO/c8-6-7-4-2-1-3-5-7;1-2-7-3-5-8-6-4-7/h1-5H,6H2;2-6H2,1H3. The van der Waals surface area contributed by atoms with Gasteiger partial charge in [-0.3, -0.25) is 4.90 Å². The molecule has 16 heavy (non-hydrogen) atoms. The fourth-order valence-corrected chi connectivity index (χ4v) is 1.66. The third-order valence-electron chi connectivity index (χ3n) is 2.55. The molecule has 1 aromatic carbocycles. The van der Waals surface area contributed by atoms with Crippen molar-refractivity contribution in [3.8, 4) is 0 Å². The fraction of sp³-hybridized carbons (Fsp3) is 0.538. The van der Waals surface area contributed by atoms with Crippen molar-refractivity contribution in [1.82, 2.24) is 4.90 Å². The Morgan fingerprint density at radius 1 is 1.19 bits per heavy atom. The number of alkyl halides is 1. The number of morpholine rings is 1. The van der Waals surface area contributed by atoms with E-state index in [1.54, 1.807) is 0 Å². The van der Waals surface area contributed by atoms with E-state index in [4.69, 9.17) is 16.3 Å². The van der Waals surface area contributed by atoms with Gasteiger partial charge in [0.25, 0.3) is 0 Å². The van der Waals surface area contributed by atoms with Crippen LogP contribution in [0.1, 0.15) is 12.5 Å². The average Bonchev–Trinajstić information content (AvgIpc) is 2.41. The largest absolute Gasteiger partial charge is 0.379 e. The van der Waals surface area contributed by atoms with E-state index in [1.165, 1.54) is 12.1 Å². The van der Waals surface area contributed by atoms with Crippen LogP contribution in [-0.4, -0.2) is 37.7 Å². The third kappa shape index (κ3) is 5.50. The lowest BCUT2D eigenvalue weighted by Crippen LogP contribution is -2.35. The molecule has 1 aliphatic heterocycles. The van der Waals surface area contributed by atoms with Gasteiger partial charge >= 0.3 is 0 Å². The van der Waals surface area contributed by atoms with Gasteiger partial charge < -0.3 is 4.74 Å². The molecule has 1 heterocycles. The van der Waals surface area contributed by atoms with E-state index in [0.717, 1.165) is 26.3 Å². The summed E-state index contributed by atoms with van der Waals surface area (Å²) in [4.78, 5) is 2.39. The molecule has 0 spiro atoms. The van der Waals surface area contributed by atoms with Crippen LogP contribution in [0.4, 0.5) is 0 Å². The van der Waals surface area contributed by atoms with E-state index in [2.05, 4.69) is 11.8 Å². The van der Waals surface area contributed by atoms with E-state index in [0.29, 0.717) is 5.88 Å². The minimum absolute atomic E-state index is 0.612. The molecule has 1 saturated heterocycles. The van der Waals surface area contributed by atoms with Crippen LogP contribution < -0.4 is 0 Å². The molecule has 2 nitrogen and oxygen atoms in total. The highest BCUT2D eigenvalue weighted by molar-refractivity contribution is 6.17. The zero-order chi connectivity index (χ0) is 11.6. The highest BCUT2D eigenvalue weighted by atomic mass is 35.5. The van der Waals surface area contributed by atoms with Crippen LogP contribution in [-0.2, 0) is 10.6 Å². The average molecular weight is 242 g/mol. The number of likely N-dealkylation sites (N-methyl/N-ethyl adjacent to an activating group) is 1. The Kier molecular flexibility index (Phi) is 7.23. The van der Waals surface area contributed by atoms with E-state index < -0.39 is 0 Å². The summed E-state index contributed by atoms with van der Waals surface area (Å²) in [6, 6.07) is 9.96. The Bertz CT molecular complexity index is 260. The van der Waals surface area contributed by atoms with Gasteiger partial charge in [0.15, 0.2) is 0 Å². The molecule has 0 bridgehead atoms. The van der Waals surface area contributed by atoms with E-state index in [9.17, 15) is 0 Å². The second-order valence-electron chi connectivity index (χ2n) is 3.67. The molecular weight excluding hydrogens is 222 g/mol. The number of ether oxygens (including phenoxy) is 1. The molecule has 0 aromatic heterocycles. The summed E-state index contributed by atoms with van der Waals surface area (Å²) in [7, 11) is 0. The van der Waals surface area contributed by atoms with Crippen LogP contribution in [0.2, 0.25) is 0 Å². The molecule has 1 aromatic rings. The summed E-state index contributed by atoms with van der Waals surface area (Å²) in [5.74, 6) is 0.612. The molecule has 0 unspecified atom stereocenters. The molecule has 90 valence electrons. The number of halogens is 1. The number of rotatable bonds is 2. The Morgan fingerprint density at radius 2 is 1.81 bits per heavy atom. The predicted octanol–water partition coefficient (Wildman–Crippen LogP) is 2.76. The molecule has 2 rings (SSSR count). The summed E-state index contributed by atoms with van der Waals surface area (Å²) < 4.78 is 5.16. The zero-order valence-electron chi connectivity index (χ0n) is 9.86. The van der Waals surface area contributed by atoms with Crippen molar-refractivity contribution in [1.29, 1.82) is 0 Å². The maximum atomic E-state index is 5.53. The zero-order valence-corrected chi connectivity index (χ0v) is 10.6. The maximum absolute atomic E-state index is 5.53. The summed E-state index contributed by atoms with van der Waals surface area (Å²) in [6.07, 6.45) is 0. The first-order chi connectivity index (χ1) is 7.86. The first-order valence-electron chi connectivity index (χ1n) is 5.76. The van der Waals surface area contributed by atoms with E-state index >= 15 is 0 Å². The van der Waals surface area contributed by atoms with Gasteiger partial charge in [0, 0.05) is 19.0 Å². The summed E-state index contributed by atoms with van der Waals surface area (Å²) in [5, 5.41) is 0. The molecule has 1 aliphatic rings. The Labute approximate surface area is 103 Å². The molecule has 0 saturated carbocycles. The monoisotopic (exact) mass is 241 g/mol. The van der Waals surface area contributed by atoms with E-state index in [1.807, 2.05) is 30.3 Å². The molecule has 0 N–H and O–H groups in total. The van der Waals surface area contributed by atoms with Crippen molar-refractivity contribution in [2.75, 3.05) is 32.8 Å².